The summed E-state index contributed by atoms with van der Waals surface area (Å²) in [5.41, 5.74) is 4.69. The van der Waals surface area contributed by atoms with Crippen LogP contribution in [0.2, 0.25) is 5.02 Å². The first-order chi connectivity index (χ1) is 11.5. The Kier molecular flexibility index (Phi) is 6.38. The summed E-state index contributed by atoms with van der Waals surface area (Å²) in [5.74, 6) is 0.943. The molecule has 0 bridgehead atoms. The van der Waals surface area contributed by atoms with Gasteiger partial charge in [0.2, 0.25) is 0 Å². The van der Waals surface area contributed by atoms with Crippen LogP contribution in [0.25, 0.3) is 0 Å². The second-order valence-electron chi connectivity index (χ2n) is 5.87. The molecule has 0 saturated heterocycles. The molecule has 0 unspecified atom stereocenters. The Morgan fingerprint density at radius 2 is 1.67 bits per heavy atom. The maximum atomic E-state index is 12.1. The van der Waals surface area contributed by atoms with E-state index in [4.69, 9.17) is 16.3 Å². The lowest BCUT2D eigenvalue weighted by atomic mass is 10.1. The predicted octanol–water partition coefficient (Wildman–Crippen LogP) is 4.53. The summed E-state index contributed by atoms with van der Waals surface area (Å²) in [5, 5.41) is 4.79. The molecule has 2 rings (SSSR count). The number of amides is 1. The highest BCUT2D eigenvalue weighted by atomic mass is 35.5. The van der Waals surface area contributed by atoms with Crippen molar-refractivity contribution in [2.45, 2.75) is 20.8 Å². The van der Waals surface area contributed by atoms with Crippen LogP contribution in [0, 0.1) is 5.92 Å². The van der Waals surface area contributed by atoms with E-state index in [1.165, 1.54) is 0 Å². The molecule has 126 valence electrons. The predicted molar refractivity (Wildman–Crippen MR) is 97.9 cm³/mol. The molecule has 24 heavy (non-hydrogen) atoms. The van der Waals surface area contributed by atoms with E-state index >= 15 is 0 Å². The molecule has 0 aliphatic carbocycles. The normalized spacial score (nSPS) is 11.5. The van der Waals surface area contributed by atoms with Gasteiger partial charge in [0.15, 0.2) is 0 Å². The summed E-state index contributed by atoms with van der Waals surface area (Å²) >= 11 is 5.86. The van der Waals surface area contributed by atoms with Crippen LogP contribution < -0.4 is 10.2 Å². The molecule has 0 saturated carbocycles. The molecule has 2 aromatic rings. The fourth-order valence-electron chi connectivity index (χ4n) is 1.92. The van der Waals surface area contributed by atoms with Gasteiger partial charge in [-0.2, -0.15) is 5.10 Å². The Labute approximate surface area is 147 Å². The van der Waals surface area contributed by atoms with Gasteiger partial charge in [-0.15, -0.1) is 0 Å². The molecular weight excluding hydrogens is 324 g/mol. The number of hydrogen-bond acceptors (Lipinski definition) is 3. The Morgan fingerprint density at radius 1 is 1.08 bits per heavy atom. The van der Waals surface area contributed by atoms with E-state index in [2.05, 4.69) is 24.4 Å². The molecule has 1 amide bonds. The first kappa shape index (κ1) is 18.0. The van der Waals surface area contributed by atoms with Gasteiger partial charge in [0.05, 0.1) is 12.3 Å². The van der Waals surface area contributed by atoms with E-state index in [9.17, 15) is 4.79 Å². The van der Waals surface area contributed by atoms with Crippen LogP contribution in [0.5, 0.6) is 5.75 Å². The molecule has 0 radical (unpaired) electrons. The number of rotatable bonds is 6. The third-order valence-corrected chi connectivity index (χ3v) is 3.54. The number of nitrogens with one attached hydrogen (secondary N) is 1. The van der Waals surface area contributed by atoms with Gasteiger partial charge in [-0.05, 0) is 54.8 Å². The largest absolute Gasteiger partial charge is 0.493 e. The van der Waals surface area contributed by atoms with E-state index in [0.29, 0.717) is 28.8 Å². The monoisotopic (exact) mass is 344 g/mol. The summed E-state index contributed by atoms with van der Waals surface area (Å²) in [7, 11) is 0. The second kappa shape index (κ2) is 8.50. The number of carbonyl (C=O) groups excluding carboxylic acids is 1. The first-order valence-corrected chi connectivity index (χ1v) is 8.17. The molecule has 0 fully saturated rings. The number of hydrogen-bond donors (Lipinski definition) is 1. The number of nitrogens with zero attached hydrogens (tertiary/aromatic N) is 1. The Bertz CT molecular complexity index is 707. The van der Waals surface area contributed by atoms with Crippen molar-refractivity contribution < 1.29 is 9.53 Å². The maximum Gasteiger partial charge on any atom is 0.271 e. The number of ether oxygens (including phenoxy) is 1. The quantitative estimate of drug-likeness (QED) is 0.618. The van der Waals surface area contributed by atoms with Crippen LogP contribution in [0.15, 0.2) is 53.6 Å². The maximum absolute atomic E-state index is 12.1. The van der Waals surface area contributed by atoms with Gasteiger partial charge in [-0.25, -0.2) is 5.43 Å². The highest BCUT2D eigenvalue weighted by Gasteiger charge is 2.06. The van der Waals surface area contributed by atoms with Gasteiger partial charge >= 0.3 is 0 Å². The van der Waals surface area contributed by atoms with E-state index in [1.54, 1.807) is 36.4 Å². The highest BCUT2D eigenvalue weighted by Crippen LogP contribution is 2.13. The fourth-order valence-corrected chi connectivity index (χ4v) is 2.05. The molecule has 4 nitrogen and oxygen atoms in total. The number of halogens is 1. The molecule has 0 aromatic heterocycles. The first-order valence-electron chi connectivity index (χ1n) is 7.79. The van der Waals surface area contributed by atoms with Crippen molar-refractivity contribution >= 4 is 23.2 Å². The summed E-state index contributed by atoms with van der Waals surface area (Å²) in [6.07, 6.45) is 0. The zero-order chi connectivity index (χ0) is 17.5. The summed E-state index contributed by atoms with van der Waals surface area (Å²) in [6, 6.07) is 14.3. The SMILES string of the molecule is CC(=NNC(=O)c1ccc(OCC(C)C)cc1)c1ccc(Cl)cc1. The molecule has 0 spiro atoms. The summed E-state index contributed by atoms with van der Waals surface area (Å²) < 4.78 is 5.60. The Morgan fingerprint density at radius 3 is 2.25 bits per heavy atom. The zero-order valence-electron chi connectivity index (χ0n) is 14.0. The fraction of sp³-hybridized carbons (Fsp3) is 0.263. The molecule has 0 heterocycles. The zero-order valence-corrected chi connectivity index (χ0v) is 14.8. The molecule has 2 aromatic carbocycles. The third kappa shape index (κ3) is 5.39. The minimum Gasteiger partial charge on any atom is -0.493 e. The van der Waals surface area contributed by atoms with Crippen LogP contribution >= 0.6 is 11.6 Å². The van der Waals surface area contributed by atoms with Crippen molar-refractivity contribution in [1.82, 2.24) is 5.43 Å². The minimum absolute atomic E-state index is 0.265. The van der Waals surface area contributed by atoms with Gasteiger partial charge in [0.25, 0.3) is 5.91 Å². The van der Waals surface area contributed by atoms with Gasteiger partial charge in [0.1, 0.15) is 5.75 Å². The van der Waals surface area contributed by atoms with Crippen molar-refractivity contribution in [3.8, 4) is 5.75 Å². The molecule has 0 aliphatic heterocycles. The van der Waals surface area contributed by atoms with Crippen LogP contribution in [0.1, 0.15) is 36.7 Å². The Balaban J connectivity index is 1.96. The lowest BCUT2D eigenvalue weighted by Crippen LogP contribution is -2.19. The van der Waals surface area contributed by atoms with E-state index in [-0.39, 0.29) is 5.91 Å². The van der Waals surface area contributed by atoms with Gasteiger partial charge in [-0.1, -0.05) is 37.6 Å². The molecule has 5 heteroatoms. The Hall–Kier alpha value is -2.33. The van der Waals surface area contributed by atoms with Gasteiger partial charge in [0, 0.05) is 10.6 Å². The van der Waals surface area contributed by atoms with E-state index in [0.717, 1.165) is 11.3 Å². The molecule has 0 atom stereocenters. The van der Waals surface area contributed by atoms with Crippen LogP contribution in [-0.4, -0.2) is 18.2 Å². The summed E-state index contributed by atoms with van der Waals surface area (Å²) in [4.78, 5) is 12.1. The average molecular weight is 345 g/mol. The lowest BCUT2D eigenvalue weighted by Gasteiger charge is -2.09. The van der Waals surface area contributed by atoms with E-state index < -0.39 is 0 Å². The van der Waals surface area contributed by atoms with Crippen LogP contribution in [0.4, 0.5) is 0 Å². The minimum atomic E-state index is -0.265. The second-order valence-corrected chi connectivity index (χ2v) is 6.31. The topological polar surface area (TPSA) is 50.7 Å². The molecule has 0 aliphatic rings. The molecular formula is C19H21ClN2O2. The highest BCUT2D eigenvalue weighted by molar-refractivity contribution is 6.30. The number of carbonyl (C=O) groups is 1. The van der Waals surface area contributed by atoms with Crippen LogP contribution in [0.3, 0.4) is 0 Å². The van der Waals surface area contributed by atoms with E-state index in [1.807, 2.05) is 19.1 Å². The number of hydrazone groups is 1. The van der Waals surface area contributed by atoms with Crippen molar-refractivity contribution in [1.29, 1.82) is 0 Å². The number of benzene rings is 2. The van der Waals surface area contributed by atoms with Crippen molar-refractivity contribution in [3.63, 3.8) is 0 Å². The van der Waals surface area contributed by atoms with Crippen molar-refractivity contribution in [3.05, 3.63) is 64.7 Å². The van der Waals surface area contributed by atoms with Crippen molar-refractivity contribution in [2.24, 2.45) is 11.0 Å². The van der Waals surface area contributed by atoms with Crippen molar-refractivity contribution in [2.75, 3.05) is 6.61 Å². The smallest absolute Gasteiger partial charge is 0.271 e. The van der Waals surface area contributed by atoms with Gasteiger partial charge < -0.3 is 4.74 Å². The average Bonchev–Trinajstić information content (AvgIpc) is 2.58. The molecule has 1 N–H and O–H groups in total. The van der Waals surface area contributed by atoms with Crippen LogP contribution in [-0.2, 0) is 0 Å². The standard InChI is InChI=1S/C19H21ClN2O2/c1-13(2)12-24-18-10-6-16(7-11-18)19(23)22-21-14(3)15-4-8-17(20)9-5-15/h4-11,13H,12H2,1-3H3,(H,22,23). The van der Waals surface area contributed by atoms with Gasteiger partial charge in [-0.3, -0.25) is 4.79 Å². The summed E-state index contributed by atoms with van der Waals surface area (Å²) in [6.45, 7) is 6.65. The lowest BCUT2D eigenvalue weighted by molar-refractivity contribution is 0.0955. The third-order valence-electron chi connectivity index (χ3n) is 3.29.